The Morgan fingerprint density at radius 2 is 1.80 bits per heavy atom. The predicted molar refractivity (Wildman–Crippen MR) is 83.9 cm³/mol. The van der Waals surface area contributed by atoms with Crippen LogP contribution in [0.3, 0.4) is 0 Å². The van der Waals surface area contributed by atoms with Gasteiger partial charge in [-0.3, -0.25) is 4.79 Å². The third kappa shape index (κ3) is 3.53. The van der Waals surface area contributed by atoms with E-state index in [1.54, 1.807) is 0 Å². The van der Waals surface area contributed by atoms with Crippen molar-refractivity contribution >= 4 is 11.6 Å². The van der Waals surface area contributed by atoms with Crippen LogP contribution in [0, 0.1) is 0 Å². The smallest absolute Gasteiger partial charge is 0.242 e. The van der Waals surface area contributed by atoms with E-state index in [9.17, 15) is 4.79 Å². The van der Waals surface area contributed by atoms with Crippen LogP contribution in [0.1, 0.15) is 45.6 Å². The largest absolute Gasteiger partial charge is 0.376 e. The van der Waals surface area contributed by atoms with Crippen LogP contribution in [0.2, 0.25) is 0 Å². The maximum absolute atomic E-state index is 12.4. The Morgan fingerprint density at radius 1 is 1.20 bits per heavy atom. The molecule has 1 amide bonds. The van der Waals surface area contributed by atoms with Crippen molar-refractivity contribution in [3.8, 4) is 0 Å². The highest BCUT2D eigenvalue weighted by Gasteiger charge is 2.28. The van der Waals surface area contributed by atoms with Gasteiger partial charge in [0.2, 0.25) is 5.91 Å². The molecule has 2 rings (SSSR count). The van der Waals surface area contributed by atoms with Crippen molar-refractivity contribution in [1.82, 2.24) is 4.90 Å². The van der Waals surface area contributed by atoms with Gasteiger partial charge in [-0.05, 0) is 57.2 Å². The number of nitrogens with zero attached hydrogens (tertiary/aromatic N) is 1. The number of rotatable bonds is 4. The van der Waals surface area contributed by atoms with Crippen LogP contribution in [-0.4, -0.2) is 29.4 Å². The Bertz CT molecular complexity index is 431. The number of benzene rings is 1. The summed E-state index contributed by atoms with van der Waals surface area (Å²) in [4.78, 5) is 14.4. The van der Waals surface area contributed by atoms with Crippen molar-refractivity contribution in [3.63, 3.8) is 0 Å². The standard InChI is InChI=1S/C17H26N2O/c1-4-15-8-10-16(11-9-15)18-12-17(20)19-13(2)6-5-7-14(19)3/h8-11,13-14,18H,4-7,12H2,1-3H3. The maximum Gasteiger partial charge on any atom is 0.242 e. The Hall–Kier alpha value is -1.51. The van der Waals surface area contributed by atoms with E-state index in [1.807, 2.05) is 0 Å². The van der Waals surface area contributed by atoms with Gasteiger partial charge in [-0.2, -0.15) is 0 Å². The summed E-state index contributed by atoms with van der Waals surface area (Å²) in [5.41, 5.74) is 2.34. The molecule has 0 aliphatic carbocycles. The first-order valence-electron chi connectivity index (χ1n) is 7.75. The van der Waals surface area contributed by atoms with Crippen LogP contribution >= 0.6 is 0 Å². The average Bonchev–Trinajstić information content (AvgIpc) is 2.45. The summed E-state index contributed by atoms with van der Waals surface area (Å²) in [6.07, 6.45) is 4.53. The van der Waals surface area contributed by atoms with Gasteiger partial charge in [0.1, 0.15) is 0 Å². The molecule has 0 bridgehead atoms. The molecule has 1 aliphatic rings. The van der Waals surface area contributed by atoms with Gasteiger partial charge in [-0.15, -0.1) is 0 Å². The summed E-state index contributed by atoms with van der Waals surface area (Å²) in [6, 6.07) is 9.06. The molecule has 20 heavy (non-hydrogen) atoms. The highest BCUT2D eigenvalue weighted by molar-refractivity contribution is 5.81. The van der Waals surface area contributed by atoms with Crippen LogP contribution < -0.4 is 5.32 Å². The van der Waals surface area contributed by atoms with Crippen molar-refractivity contribution in [3.05, 3.63) is 29.8 Å². The van der Waals surface area contributed by atoms with Gasteiger partial charge in [0.25, 0.3) is 0 Å². The van der Waals surface area contributed by atoms with Crippen LogP contribution in [0.25, 0.3) is 0 Å². The van der Waals surface area contributed by atoms with E-state index in [-0.39, 0.29) is 5.91 Å². The van der Waals surface area contributed by atoms with E-state index in [2.05, 4.69) is 55.3 Å². The highest BCUT2D eigenvalue weighted by Crippen LogP contribution is 2.22. The number of aryl methyl sites for hydroxylation is 1. The molecule has 1 heterocycles. The number of hydrogen-bond acceptors (Lipinski definition) is 2. The average molecular weight is 274 g/mol. The lowest BCUT2D eigenvalue weighted by Crippen LogP contribution is -2.49. The van der Waals surface area contributed by atoms with Crippen molar-refractivity contribution < 1.29 is 4.79 Å². The van der Waals surface area contributed by atoms with Gasteiger partial charge in [-0.25, -0.2) is 0 Å². The number of carbonyl (C=O) groups excluding carboxylic acids is 1. The fraction of sp³-hybridized carbons (Fsp3) is 0.588. The molecular weight excluding hydrogens is 248 g/mol. The number of carbonyl (C=O) groups is 1. The highest BCUT2D eigenvalue weighted by atomic mass is 16.2. The van der Waals surface area contributed by atoms with Crippen LogP contribution in [0.4, 0.5) is 5.69 Å². The predicted octanol–water partition coefficient (Wildman–Crippen LogP) is 3.45. The van der Waals surface area contributed by atoms with Gasteiger partial charge < -0.3 is 10.2 Å². The van der Waals surface area contributed by atoms with Crippen molar-refractivity contribution in [2.45, 2.75) is 58.5 Å². The molecule has 0 spiro atoms. The summed E-state index contributed by atoms with van der Waals surface area (Å²) in [5, 5.41) is 3.24. The fourth-order valence-corrected chi connectivity index (χ4v) is 3.04. The minimum Gasteiger partial charge on any atom is -0.376 e. The van der Waals surface area contributed by atoms with Crippen LogP contribution in [0.15, 0.2) is 24.3 Å². The summed E-state index contributed by atoms with van der Waals surface area (Å²) in [6.45, 7) is 6.85. The minimum atomic E-state index is 0.212. The Balaban J connectivity index is 1.90. The number of piperidine rings is 1. The Labute approximate surface area is 122 Å². The molecule has 1 aliphatic heterocycles. The van der Waals surface area contributed by atoms with Crippen molar-refractivity contribution in [2.24, 2.45) is 0 Å². The zero-order valence-corrected chi connectivity index (χ0v) is 12.9. The zero-order valence-electron chi connectivity index (χ0n) is 12.9. The monoisotopic (exact) mass is 274 g/mol. The summed E-state index contributed by atoms with van der Waals surface area (Å²) in [5.74, 6) is 0.212. The summed E-state index contributed by atoms with van der Waals surface area (Å²) in [7, 11) is 0. The summed E-state index contributed by atoms with van der Waals surface area (Å²) >= 11 is 0. The quantitative estimate of drug-likeness (QED) is 0.912. The van der Waals surface area contributed by atoms with E-state index in [1.165, 1.54) is 12.0 Å². The number of anilines is 1. The third-order valence-corrected chi connectivity index (χ3v) is 4.29. The molecule has 3 heteroatoms. The lowest BCUT2D eigenvalue weighted by atomic mass is 9.97. The third-order valence-electron chi connectivity index (χ3n) is 4.29. The first kappa shape index (κ1) is 14.9. The molecule has 110 valence electrons. The lowest BCUT2D eigenvalue weighted by molar-refractivity contribution is -0.135. The van der Waals surface area contributed by atoms with E-state index >= 15 is 0 Å². The molecular formula is C17H26N2O. The molecule has 2 unspecified atom stereocenters. The second-order valence-electron chi connectivity index (χ2n) is 5.83. The number of amides is 1. The minimum absolute atomic E-state index is 0.212. The van der Waals surface area contributed by atoms with E-state index in [0.717, 1.165) is 24.9 Å². The van der Waals surface area contributed by atoms with Gasteiger partial charge in [0.15, 0.2) is 0 Å². The van der Waals surface area contributed by atoms with E-state index in [4.69, 9.17) is 0 Å². The lowest BCUT2D eigenvalue weighted by Gasteiger charge is -2.39. The van der Waals surface area contributed by atoms with Gasteiger partial charge in [-0.1, -0.05) is 19.1 Å². The molecule has 0 saturated carbocycles. The molecule has 1 aromatic rings. The fourth-order valence-electron chi connectivity index (χ4n) is 3.04. The van der Waals surface area contributed by atoms with Gasteiger partial charge in [0, 0.05) is 17.8 Å². The van der Waals surface area contributed by atoms with Crippen molar-refractivity contribution in [1.29, 1.82) is 0 Å². The first-order valence-corrected chi connectivity index (χ1v) is 7.75. The number of nitrogens with one attached hydrogen (secondary N) is 1. The topological polar surface area (TPSA) is 32.3 Å². The zero-order chi connectivity index (χ0) is 14.5. The molecule has 1 aromatic carbocycles. The Kier molecular flexibility index (Phi) is 5.05. The van der Waals surface area contributed by atoms with E-state index in [0.29, 0.717) is 18.6 Å². The molecule has 0 radical (unpaired) electrons. The molecule has 1 saturated heterocycles. The van der Waals surface area contributed by atoms with Crippen LogP contribution in [0.5, 0.6) is 0 Å². The second-order valence-corrected chi connectivity index (χ2v) is 5.83. The number of likely N-dealkylation sites (tertiary alicyclic amines) is 1. The van der Waals surface area contributed by atoms with Gasteiger partial charge in [0.05, 0.1) is 6.54 Å². The number of hydrogen-bond donors (Lipinski definition) is 1. The molecule has 1 fully saturated rings. The Morgan fingerprint density at radius 3 is 2.35 bits per heavy atom. The molecule has 2 atom stereocenters. The molecule has 3 nitrogen and oxygen atoms in total. The maximum atomic E-state index is 12.4. The SMILES string of the molecule is CCc1ccc(NCC(=O)N2C(C)CCCC2C)cc1. The van der Waals surface area contributed by atoms with Crippen molar-refractivity contribution in [2.75, 3.05) is 11.9 Å². The van der Waals surface area contributed by atoms with Gasteiger partial charge >= 0.3 is 0 Å². The molecule has 0 aromatic heterocycles. The van der Waals surface area contributed by atoms with Crippen LogP contribution in [-0.2, 0) is 11.2 Å². The summed E-state index contributed by atoms with van der Waals surface area (Å²) < 4.78 is 0. The second kappa shape index (κ2) is 6.78. The van der Waals surface area contributed by atoms with E-state index < -0.39 is 0 Å². The first-order chi connectivity index (χ1) is 9.61. The molecule has 1 N–H and O–H groups in total. The normalized spacial score (nSPS) is 22.6.